The van der Waals surface area contributed by atoms with E-state index in [2.05, 4.69) is 10.3 Å². The van der Waals surface area contributed by atoms with E-state index < -0.39 is 23.8 Å². The number of hydrogen-bond donors (Lipinski definition) is 2. The standard InChI is InChI=1S/C14H15F3N4O2/c15-14(16,17)10-5-3-9(4-6-10)12-8-21(20-19-12)7-1-2-11(18)13(22)23/h3-6,8,11H,1-2,7,18H2,(H,22,23)/t11-/m0/s1. The van der Waals surface area contributed by atoms with Crippen molar-refractivity contribution < 1.29 is 23.1 Å². The molecule has 9 heteroatoms. The molecule has 124 valence electrons. The minimum atomic E-state index is -4.38. The Labute approximate surface area is 129 Å². The van der Waals surface area contributed by atoms with E-state index >= 15 is 0 Å². The Balaban J connectivity index is 1.98. The number of carboxylic acids is 1. The van der Waals surface area contributed by atoms with Crippen LogP contribution in [0.3, 0.4) is 0 Å². The van der Waals surface area contributed by atoms with Crippen molar-refractivity contribution in [1.82, 2.24) is 15.0 Å². The second-order valence-corrected chi connectivity index (χ2v) is 5.03. The summed E-state index contributed by atoms with van der Waals surface area (Å²) in [5.41, 5.74) is 5.63. The van der Waals surface area contributed by atoms with Gasteiger partial charge in [-0.15, -0.1) is 5.10 Å². The molecule has 0 bridgehead atoms. The summed E-state index contributed by atoms with van der Waals surface area (Å²) < 4.78 is 39.0. The van der Waals surface area contributed by atoms with Crippen molar-refractivity contribution in [2.45, 2.75) is 31.6 Å². The summed E-state index contributed by atoms with van der Waals surface area (Å²) in [4.78, 5) is 10.6. The number of nitrogens with two attached hydrogens (primary N) is 1. The van der Waals surface area contributed by atoms with Gasteiger partial charge in [0.1, 0.15) is 11.7 Å². The summed E-state index contributed by atoms with van der Waals surface area (Å²) in [6.07, 6.45) is -1.98. The summed E-state index contributed by atoms with van der Waals surface area (Å²) in [5.74, 6) is -1.06. The summed E-state index contributed by atoms with van der Waals surface area (Å²) >= 11 is 0. The van der Waals surface area contributed by atoms with Crippen LogP contribution in [0.15, 0.2) is 30.5 Å². The monoisotopic (exact) mass is 328 g/mol. The second-order valence-electron chi connectivity index (χ2n) is 5.03. The van der Waals surface area contributed by atoms with E-state index in [1.165, 1.54) is 16.8 Å². The number of rotatable bonds is 6. The van der Waals surface area contributed by atoms with Gasteiger partial charge in [0, 0.05) is 12.1 Å². The van der Waals surface area contributed by atoms with Crippen LogP contribution in [-0.4, -0.2) is 32.1 Å². The Hall–Kier alpha value is -2.42. The first kappa shape index (κ1) is 16.9. The molecule has 1 aromatic carbocycles. The van der Waals surface area contributed by atoms with Crippen LogP contribution in [0.5, 0.6) is 0 Å². The minimum absolute atomic E-state index is 0.296. The van der Waals surface area contributed by atoms with Crippen LogP contribution in [-0.2, 0) is 17.5 Å². The van der Waals surface area contributed by atoms with Gasteiger partial charge in [-0.3, -0.25) is 9.48 Å². The third kappa shape index (κ3) is 4.52. The van der Waals surface area contributed by atoms with Gasteiger partial charge in [-0.05, 0) is 25.0 Å². The van der Waals surface area contributed by atoms with Gasteiger partial charge in [0.2, 0.25) is 0 Å². The highest BCUT2D eigenvalue weighted by Gasteiger charge is 2.30. The topological polar surface area (TPSA) is 94.0 Å². The minimum Gasteiger partial charge on any atom is -0.480 e. The third-order valence-corrected chi connectivity index (χ3v) is 3.27. The molecule has 0 radical (unpaired) electrons. The van der Waals surface area contributed by atoms with Crippen LogP contribution >= 0.6 is 0 Å². The van der Waals surface area contributed by atoms with Crippen LogP contribution in [0, 0.1) is 0 Å². The molecule has 23 heavy (non-hydrogen) atoms. The first-order valence-corrected chi connectivity index (χ1v) is 6.83. The molecule has 0 aliphatic carbocycles. The number of aromatic nitrogens is 3. The number of aliphatic carboxylic acids is 1. The first-order valence-electron chi connectivity index (χ1n) is 6.83. The second kappa shape index (κ2) is 6.78. The molecule has 2 rings (SSSR count). The number of carbonyl (C=O) groups is 1. The molecule has 1 heterocycles. The van der Waals surface area contributed by atoms with Crippen LogP contribution < -0.4 is 5.73 Å². The number of nitrogens with zero attached hydrogens (tertiary/aromatic N) is 3. The van der Waals surface area contributed by atoms with Crippen molar-refractivity contribution in [2.24, 2.45) is 5.73 Å². The van der Waals surface area contributed by atoms with Crippen molar-refractivity contribution in [1.29, 1.82) is 0 Å². The molecular formula is C14H15F3N4O2. The Morgan fingerprint density at radius 2 is 1.96 bits per heavy atom. The molecule has 2 aromatic rings. The zero-order chi connectivity index (χ0) is 17.0. The quantitative estimate of drug-likeness (QED) is 0.847. The van der Waals surface area contributed by atoms with E-state index in [9.17, 15) is 18.0 Å². The molecular weight excluding hydrogens is 313 g/mol. The largest absolute Gasteiger partial charge is 0.480 e. The SMILES string of the molecule is N[C@@H](CCCn1cc(-c2ccc(C(F)(F)F)cc2)nn1)C(=O)O. The van der Waals surface area contributed by atoms with Crippen molar-refractivity contribution >= 4 is 5.97 Å². The normalized spacial score (nSPS) is 13.0. The Morgan fingerprint density at radius 1 is 1.30 bits per heavy atom. The summed E-state index contributed by atoms with van der Waals surface area (Å²) in [5, 5.41) is 16.4. The zero-order valence-electron chi connectivity index (χ0n) is 12.0. The highest BCUT2D eigenvalue weighted by atomic mass is 19.4. The van der Waals surface area contributed by atoms with Gasteiger partial charge in [-0.2, -0.15) is 13.2 Å². The molecule has 0 unspecified atom stereocenters. The van der Waals surface area contributed by atoms with Crippen LogP contribution in [0.1, 0.15) is 18.4 Å². The van der Waals surface area contributed by atoms with E-state index in [0.29, 0.717) is 30.6 Å². The fraction of sp³-hybridized carbons (Fsp3) is 0.357. The predicted molar refractivity (Wildman–Crippen MR) is 75.3 cm³/mol. The van der Waals surface area contributed by atoms with Gasteiger partial charge in [-0.25, -0.2) is 0 Å². The van der Waals surface area contributed by atoms with Crippen molar-refractivity contribution in [3.8, 4) is 11.3 Å². The van der Waals surface area contributed by atoms with Crippen molar-refractivity contribution in [3.63, 3.8) is 0 Å². The highest BCUT2D eigenvalue weighted by Crippen LogP contribution is 2.30. The van der Waals surface area contributed by atoms with Crippen molar-refractivity contribution in [2.75, 3.05) is 0 Å². The third-order valence-electron chi connectivity index (χ3n) is 3.27. The molecule has 0 aliphatic rings. The Morgan fingerprint density at radius 3 is 2.52 bits per heavy atom. The maximum atomic E-state index is 12.5. The van der Waals surface area contributed by atoms with Gasteiger partial charge >= 0.3 is 12.1 Å². The predicted octanol–water partition coefficient (Wildman–Crippen LogP) is 2.16. The Bertz CT molecular complexity index is 667. The molecule has 0 fully saturated rings. The lowest BCUT2D eigenvalue weighted by Crippen LogP contribution is -2.30. The lowest BCUT2D eigenvalue weighted by molar-refractivity contribution is -0.139. The number of aryl methyl sites for hydroxylation is 1. The average molecular weight is 328 g/mol. The fourth-order valence-electron chi connectivity index (χ4n) is 1.97. The van der Waals surface area contributed by atoms with Gasteiger partial charge in [0.05, 0.1) is 11.8 Å². The highest BCUT2D eigenvalue weighted by molar-refractivity contribution is 5.72. The fourth-order valence-corrected chi connectivity index (χ4v) is 1.97. The number of halogens is 3. The molecule has 0 saturated heterocycles. The maximum Gasteiger partial charge on any atom is 0.416 e. The average Bonchev–Trinajstić information content (AvgIpc) is 2.95. The van der Waals surface area contributed by atoms with Gasteiger partial charge in [0.25, 0.3) is 0 Å². The lowest BCUT2D eigenvalue weighted by atomic mass is 10.1. The molecule has 0 amide bonds. The number of carboxylic acid groups (broad SMARTS) is 1. The smallest absolute Gasteiger partial charge is 0.416 e. The molecule has 1 aromatic heterocycles. The number of benzene rings is 1. The van der Waals surface area contributed by atoms with E-state index in [1.54, 1.807) is 6.20 Å². The summed E-state index contributed by atoms with van der Waals surface area (Å²) in [6, 6.07) is 3.71. The Kier molecular flexibility index (Phi) is 4.99. The molecule has 3 N–H and O–H groups in total. The summed E-state index contributed by atoms with van der Waals surface area (Å²) in [6.45, 7) is 0.425. The van der Waals surface area contributed by atoms with Crippen molar-refractivity contribution in [3.05, 3.63) is 36.0 Å². The van der Waals surface area contributed by atoms with E-state index in [1.807, 2.05) is 0 Å². The maximum absolute atomic E-state index is 12.5. The van der Waals surface area contributed by atoms with Gasteiger partial charge in [-0.1, -0.05) is 17.3 Å². The lowest BCUT2D eigenvalue weighted by Gasteiger charge is -2.06. The number of alkyl halides is 3. The van der Waals surface area contributed by atoms with E-state index in [-0.39, 0.29) is 0 Å². The van der Waals surface area contributed by atoms with Crippen LogP contribution in [0.4, 0.5) is 13.2 Å². The molecule has 0 aliphatic heterocycles. The summed E-state index contributed by atoms with van der Waals surface area (Å²) in [7, 11) is 0. The molecule has 6 nitrogen and oxygen atoms in total. The molecule has 1 atom stereocenters. The molecule has 0 spiro atoms. The molecule has 0 saturated carbocycles. The van der Waals surface area contributed by atoms with Crippen LogP contribution in [0.2, 0.25) is 0 Å². The van der Waals surface area contributed by atoms with E-state index in [0.717, 1.165) is 12.1 Å². The number of hydrogen-bond acceptors (Lipinski definition) is 4. The van der Waals surface area contributed by atoms with Crippen LogP contribution in [0.25, 0.3) is 11.3 Å². The first-order chi connectivity index (χ1) is 10.8. The zero-order valence-corrected chi connectivity index (χ0v) is 12.0. The van der Waals surface area contributed by atoms with Gasteiger partial charge < -0.3 is 10.8 Å². The van der Waals surface area contributed by atoms with E-state index in [4.69, 9.17) is 10.8 Å². The van der Waals surface area contributed by atoms with Gasteiger partial charge in [0.15, 0.2) is 0 Å².